The lowest BCUT2D eigenvalue weighted by Crippen LogP contribution is -2.15. The molecule has 20 heavy (non-hydrogen) atoms. The van der Waals surface area contributed by atoms with Gasteiger partial charge in [0.15, 0.2) is 5.69 Å². The van der Waals surface area contributed by atoms with Gasteiger partial charge in [0, 0.05) is 18.2 Å². The minimum atomic E-state index is -0.456. The second kappa shape index (κ2) is 5.03. The Hall–Kier alpha value is -1.66. The number of fused-ring (bicyclic) bond motifs is 3. The molecule has 0 bridgehead atoms. The van der Waals surface area contributed by atoms with Gasteiger partial charge in [0.2, 0.25) is 5.28 Å². The van der Waals surface area contributed by atoms with Crippen molar-refractivity contribution in [1.82, 2.24) is 19.7 Å². The summed E-state index contributed by atoms with van der Waals surface area (Å²) in [4.78, 5) is 19.8. The molecule has 0 saturated carbocycles. The topological polar surface area (TPSA) is 69.9 Å². The first-order valence-corrected chi connectivity index (χ1v) is 6.83. The van der Waals surface area contributed by atoms with Crippen LogP contribution >= 0.6 is 23.2 Å². The van der Waals surface area contributed by atoms with Crippen molar-refractivity contribution in [1.29, 1.82) is 0 Å². The average Bonchev–Trinajstić information content (AvgIpc) is 2.83. The van der Waals surface area contributed by atoms with Crippen LogP contribution in [0.1, 0.15) is 23.0 Å². The monoisotopic (exact) mass is 312 g/mol. The number of carbonyl (C=O) groups is 1. The number of aromatic nitrogens is 4. The first kappa shape index (κ1) is 13.3. The molecule has 8 heteroatoms. The summed E-state index contributed by atoms with van der Waals surface area (Å²) >= 11 is 11.9. The van der Waals surface area contributed by atoms with Crippen LogP contribution in [0.4, 0.5) is 0 Å². The van der Waals surface area contributed by atoms with Gasteiger partial charge in [-0.25, -0.2) is 14.8 Å². The van der Waals surface area contributed by atoms with Crippen LogP contribution in [-0.2, 0) is 17.7 Å². The van der Waals surface area contributed by atoms with Crippen molar-refractivity contribution in [2.45, 2.75) is 19.9 Å². The first-order chi connectivity index (χ1) is 9.60. The number of esters is 1. The number of ether oxygens (including phenoxy) is 1. The van der Waals surface area contributed by atoms with E-state index >= 15 is 0 Å². The van der Waals surface area contributed by atoms with Crippen LogP contribution in [0.25, 0.3) is 11.4 Å². The smallest absolute Gasteiger partial charge is 0.358 e. The zero-order valence-corrected chi connectivity index (χ0v) is 12.1. The van der Waals surface area contributed by atoms with Crippen molar-refractivity contribution in [2.24, 2.45) is 0 Å². The molecule has 1 aliphatic heterocycles. The third-order valence-electron chi connectivity index (χ3n) is 3.01. The lowest BCUT2D eigenvalue weighted by molar-refractivity contribution is 0.0518. The Labute approximate surface area is 124 Å². The highest BCUT2D eigenvalue weighted by Gasteiger charge is 2.25. The Morgan fingerprint density at radius 2 is 2.25 bits per heavy atom. The summed E-state index contributed by atoms with van der Waals surface area (Å²) in [6, 6.07) is 1.63. The molecule has 0 fully saturated rings. The normalized spacial score (nSPS) is 12.8. The summed E-state index contributed by atoms with van der Waals surface area (Å²) in [5, 5.41) is 4.63. The fourth-order valence-electron chi connectivity index (χ4n) is 2.16. The Bertz CT molecular complexity index is 699. The largest absolute Gasteiger partial charge is 0.461 e. The molecule has 0 N–H and O–H groups in total. The van der Waals surface area contributed by atoms with Crippen molar-refractivity contribution in [3.8, 4) is 11.4 Å². The zero-order chi connectivity index (χ0) is 14.3. The molecule has 2 aromatic rings. The number of carbonyl (C=O) groups excluding carboxylic acids is 1. The molecule has 1 aliphatic rings. The lowest BCUT2D eigenvalue weighted by atomic mass is 10.1. The number of nitrogens with zero attached hydrogens (tertiary/aromatic N) is 4. The van der Waals surface area contributed by atoms with Gasteiger partial charge in [0.05, 0.1) is 18.0 Å². The number of aryl methyl sites for hydroxylation is 1. The van der Waals surface area contributed by atoms with E-state index in [0.717, 1.165) is 5.56 Å². The van der Waals surface area contributed by atoms with E-state index in [0.29, 0.717) is 36.1 Å². The Morgan fingerprint density at radius 1 is 1.45 bits per heavy atom. The molecule has 6 nitrogen and oxygen atoms in total. The fourth-order valence-corrected chi connectivity index (χ4v) is 2.64. The van der Waals surface area contributed by atoms with E-state index in [1.165, 1.54) is 0 Å². The first-order valence-electron chi connectivity index (χ1n) is 6.07. The van der Waals surface area contributed by atoms with Gasteiger partial charge in [-0.05, 0) is 24.9 Å². The molecule has 0 unspecified atom stereocenters. The highest BCUT2D eigenvalue weighted by molar-refractivity contribution is 6.32. The van der Waals surface area contributed by atoms with Gasteiger partial charge in [0.25, 0.3) is 0 Å². The van der Waals surface area contributed by atoms with Crippen molar-refractivity contribution in [3.05, 3.63) is 27.8 Å². The van der Waals surface area contributed by atoms with Crippen LogP contribution in [0, 0.1) is 0 Å². The minimum absolute atomic E-state index is 0.0704. The van der Waals surface area contributed by atoms with Gasteiger partial charge in [-0.15, -0.1) is 0 Å². The summed E-state index contributed by atoms with van der Waals surface area (Å²) in [5.74, 6) is -0.456. The van der Waals surface area contributed by atoms with Crippen LogP contribution in [0.15, 0.2) is 6.07 Å². The number of hydrogen-bond acceptors (Lipinski definition) is 5. The van der Waals surface area contributed by atoms with Gasteiger partial charge < -0.3 is 4.74 Å². The predicted molar refractivity (Wildman–Crippen MR) is 72.9 cm³/mol. The quantitative estimate of drug-likeness (QED) is 0.484. The standard InChI is InChI=1S/C12H10Cl2N4O2/c1-2-20-11(19)7-5-8-9-6(3-4-18(8)17-7)10(13)16-12(14)15-9/h5H,2-4H2,1H3. The fraction of sp³-hybridized carbons (Fsp3) is 0.333. The molecule has 0 saturated heterocycles. The predicted octanol–water partition coefficient (Wildman–Crippen LogP) is 2.38. The zero-order valence-electron chi connectivity index (χ0n) is 10.6. The van der Waals surface area contributed by atoms with Crippen molar-refractivity contribution in [3.63, 3.8) is 0 Å². The number of halogens is 2. The lowest BCUT2D eigenvalue weighted by Gasteiger charge is -2.17. The van der Waals surface area contributed by atoms with Crippen LogP contribution in [-0.4, -0.2) is 32.3 Å². The molecule has 3 heterocycles. The summed E-state index contributed by atoms with van der Waals surface area (Å²) < 4.78 is 6.64. The minimum Gasteiger partial charge on any atom is -0.461 e. The maximum Gasteiger partial charge on any atom is 0.358 e. The summed E-state index contributed by atoms with van der Waals surface area (Å²) in [7, 11) is 0. The molecule has 0 aromatic carbocycles. The molecule has 0 spiro atoms. The number of rotatable bonds is 2. The molecular weight excluding hydrogens is 303 g/mol. The van der Waals surface area contributed by atoms with Gasteiger partial charge in [-0.3, -0.25) is 4.68 Å². The maximum atomic E-state index is 11.7. The van der Waals surface area contributed by atoms with Gasteiger partial charge in [0.1, 0.15) is 5.15 Å². The third kappa shape index (κ3) is 2.14. The van der Waals surface area contributed by atoms with Crippen LogP contribution < -0.4 is 0 Å². The second-order valence-corrected chi connectivity index (χ2v) is 4.92. The van der Waals surface area contributed by atoms with E-state index in [-0.39, 0.29) is 11.0 Å². The van der Waals surface area contributed by atoms with Crippen molar-refractivity contribution >= 4 is 29.2 Å². The van der Waals surface area contributed by atoms with Crippen molar-refractivity contribution in [2.75, 3.05) is 6.61 Å². The van der Waals surface area contributed by atoms with Crippen LogP contribution in [0.3, 0.4) is 0 Å². The molecule has 104 valence electrons. The maximum absolute atomic E-state index is 11.7. The molecule has 0 radical (unpaired) electrons. The van der Waals surface area contributed by atoms with Gasteiger partial charge >= 0.3 is 5.97 Å². The Balaban J connectivity index is 2.10. The number of hydrogen-bond donors (Lipinski definition) is 0. The van der Waals surface area contributed by atoms with Crippen LogP contribution in [0.5, 0.6) is 0 Å². The van der Waals surface area contributed by atoms with Gasteiger partial charge in [-0.2, -0.15) is 5.10 Å². The second-order valence-electron chi connectivity index (χ2n) is 4.22. The van der Waals surface area contributed by atoms with E-state index < -0.39 is 5.97 Å². The highest BCUT2D eigenvalue weighted by atomic mass is 35.5. The van der Waals surface area contributed by atoms with E-state index in [4.69, 9.17) is 27.9 Å². The Morgan fingerprint density at radius 3 is 3.00 bits per heavy atom. The summed E-state index contributed by atoms with van der Waals surface area (Å²) in [5.41, 5.74) is 2.38. The van der Waals surface area contributed by atoms with Crippen molar-refractivity contribution < 1.29 is 9.53 Å². The van der Waals surface area contributed by atoms with E-state index in [1.807, 2.05) is 0 Å². The molecular formula is C12H10Cl2N4O2. The van der Waals surface area contributed by atoms with E-state index in [2.05, 4.69) is 15.1 Å². The van der Waals surface area contributed by atoms with E-state index in [1.54, 1.807) is 17.7 Å². The Kier molecular flexibility index (Phi) is 3.35. The molecule has 0 amide bonds. The third-order valence-corrected chi connectivity index (χ3v) is 3.49. The summed E-state index contributed by atoms with van der Waals surface area (Å²) in [6.07, 6.45) is 0.641. The van der Waals surface area contributed by atoms with E-state index in [9.17, 15) is 4.79 Å². The molecule has 0 aliphatic carbocycles. The highest BCUT2D eigenvalue weighted by Crippen LogP contribution is 2.32. The molecule has 2 aromatic heterocycles. The molecule has 3 rings (SSSR count). The molecule has 0 atom stereocenters. The van der Waals surface area contributed by atoms with Crippen LogP contribution in [0.2, 0.25) is 10.4 Å². The van der Waals surface area contributed by atoms with Gasteiger partial charge in [-0.1, -0.05) is 11.6 Å². The SMILES string of the molecule is CCOC(=O)c1cc2n(n1)CCc1c(Cl)nc(Cl)nc1-2. The summed E-state index contributed by atoms with van der Waals surface area (Å²) in [6.45, 7) is 2.65. The average molecular weight is 313 g/mol.